The van der Waals surface area contributed by atoms with E-state index >= 15 is 0 Å². The van der Waals surface area contributed by atoms with E-state index in [9.17, 15) is 4.79 Å². The highest BCUT2D eigenvalue weighted by molar-refractivity contribution is 7.99. The Bertz CT molecular complexity index is 1030. The fraction of sp³-hybridized carbons (Fsp3) is 0.167. The van der Waals surface area contributed by atoms with Crippen LogP contribution in [0.3, 0.4) is 0 Å². The van der Waals surface area contributed by atoms with Gasteiger partial charge in [-0.05, 0) is 37.3 Å². The lowest BCUT2D eigenvalue weighted by molar-refractivity contribution is -0.113. The molecule has 1 aromatic heterocycles. The van der Waals surface area contributed by atoms with Gasteiger partial charge in [0.05, 0.1) is 26.5 Å². The van der Waals surface area contributed by atoms with Crippen molar-refractivity contribution < 1.29 is 13.9 Å². The molecule has 11 heteroatoms. The third kappa shape index (κ3) is 5.93. The predicted molar refractivity (Wildman–Crippen MR) is 116 cm³/mol. The van der Waals surface area contributed by atoms with Gasteiger partial charge in [-0.2, -0.15) is 0 Å². The zero-order valence-corrected chi connectivity index (χ0v) is 18.6. The smallest absolute Gasteiger partial charge is 0.277 e. The van der Waals surface area contributed by atoms with Gasteiger partial charge in [0.15, 0.2) is 6.10 Å². The number of hydrogen-bond acceptors (Lipinski definition) is 6. The number of anilines is 1. The van der Waals surface area contributed by atoms with E-state index in [2.05, 4.69) is 15.5 Å². The molecule has 1 N–H and O–H groups in total. The first-order chi connectivity index (χ1) is 13.8. The molecule has 0 unspecified atom stereocenters. The Morgan fingerprint density at radius 3 is 2.72 bits per heavy atom. The summed E-state index contributed by atoms with van der Waals surface area (Å²) in [6, 6.07) is 9.87. The number of rotatable bonds is 7. The quantitative estimate of drug-likeness (QED) is 0.376. The van der Waals surface area contributed by atoms with Gasteiger partial charge < -0.3 is 14.5 Å². The average Bonchev–Trinajstić information content (AvgIpc) is 3.15. The third-order valence-corrected chi connectivity index (χ3v) is 5.69. The van der Waals surface area contributed by atoms with Gasteiger partial charge in [-0.1, -0.05) is 64.2 Å². The molecule has 3 aromatic rings. The number of ether oxygens (including phenoxy) is 1. The number of carbonyl (C=O) groups is 1. The maximum absolute atomic E-state index is 12.1. The standard InChI is InChI=1S/C18H13Cl4N3O3S/c1-9(27-14-6-5-10(19)7-12(14)21)17-24-25-18(28-17)29-8-15(26)23-13-4-2-3-11(20)16(13)22/h2-7,9H,8H2,1H3,(H,23,26)/t9-/m1/s1. The summed E-state index contributed by atoms with van der Waals surface area (Å²) in [4.78, 5) is 12.1. The van der Waals surface area contributed by atoms with E-state index in [1.54, 1.807) is 43.3 Å². The van der Waals surface area contributed by atoms with Crippen LogP contribution < -0.4 is 10.1 Å². The van der Waals surface area contributed by atoms with Crippen LogP contribution in [0.5, 0.6) is 5.75 Å². The van der Waals surface area contributed by atoms with E-state index in [1.165, 1.54) is 0 Å². The Kier molecular flexibility index (Phi) is 7.54. The molecule has 0 saturated heterocycles. The van der Waals surface area contributed by atoms with E-state index in [1.807, 2.05) is 0 Å². The molecule has 0 fully saturated rings. The lowest BCUT2D eigenvalue weighted by Gasteiger charge is -2.12. The fourth-order valence-electron chi connectivity index (χ4n) is 2.17. The van der Waals surface area contributed by atoms with Crippen LogP contribution >= 0.6 is 58.2 Å². The molecular formula is C18H13Cl4N3O3S. The first-order valence-corrected chi connectivity index (χ1v) is 10.6. The minimum Gasteiger partial charge on any atom is -0.479 e. The first kappa shape index (κ1) is 22.1. The van der Waals surface area contributed by atoms with Gasteiger partial charge in [-0.15, -0.1) is 10.2 Å². The van der Waals surface area contributed by atoms with Crippen molar-refractivity contribution in [3.05, 3.63) is 62.4 Å². The Morgan fingerprint density at radius 1 is 1.17 bits per heavy atom. The number of carbonyl (C=O) groups excluding carboxylic acids is 1. The highest BCUT2D eigenvalue weighted by atomic mass is 35.5. The molecular weight excluding hydrogens is 480 g/mol. The van der Waals surface area contributed by atoms with Gasteiger partial charge in [-0.25, -0.2) is 0 Å². The minimum atomic E-state index is -0.547. The van der Waals surface area contributed by atoms with E-state index in [0.717, 1.165) is 11.8 Å². The molecule has 29 heavy (non-hydrogen) atoms. The number of benzene rings is 2. The number of halogens is 4. The molecule has 0 radical (unpaired) electrons. The molecule has 0 aliphatic rings. The van der Waals surface area contributed by atoms with Crippen molar-refractivity contribution in [1.82, 2.24) is 10.2 Å². The Balaban J connectivity index is 1.55. The molecule has 1 amide bonds. The van der Waals surface area contributed by atoms with Crippen molar-refractivity contribution in [2.45, 2.75) is 18.3 Å². The second-order valence-electron chi connectivity index (χ2n) is 5.68. The molecule has 0 aliphatic heterocycles. The van der Waals surface area contributed by atoms with Crippen LogP contribution in [0, 0.1) is 0 Å². The third-order valence-electron chi connectivity index (χ3n) is 3.52. The molecule has 0 bridgehead atoms. The number of aromatic nitrogens is 2. The van der Waals surface area contributed by atoms with Crippen LogP contribution in [0.15, 0.2) is 46.0 Å². The van der Waals surface area contributed by atoms with E-state index in [-0.39, 0.29) is 27.8 Å². The summed E-state index contributed by atoms with van der Waals surface area (Å²) < 4.78 is 11.3. The van der Waals surface area contributed by atoms with Gasteiger partial charge in [0, 0.05) is 5.02 Å². The summed E-state index contributed by atoms with van der Waals surface area (Å²) in [5.41, 5.74) is 0.429. The number of nitrogens with one attached hydrogen (secondary N) is 1. The lowest BCUT2D eigenvalue weighted by atomic mass is 10.3. The number of thioether (sulfide) groups is 1. The minimum absolute atomic E-state index is 0.0444. The summed E-state index contributed by atoms with van der Waals surface area (Å²) in [5, 5.41) is 12.3. The monoisotopic (exact) mass is 491 g/mol. The van der Waals surface area contributed by atoms with Crippen molar-refractivity contribution >= 4 is 69.8 Å². The zero-order valence-electron chi connectivity index (χ0n) is 14.8. The van der Waals surface area contributed by atoms with Crippen LogP contribution in [0.4, 0.5) is 5.69 Å². The Labute approximate surface area is 190 Å². The van der Waals surface area contributed by atoms with E-state index in [4.69, 9.17) is 55.6 Å². The number of hydrogen-bond donors (Lipinski definition) is 1. The molecule has 3 rings (SSSR count). The van der Waals surface area contributed by atoms with Crippen LogP contribution in [-0.4, -0.2) is 21.9 Å². The number of amides is 1. The summed E-state index contributed by atoms with van der Waals surface area (Å²) in [5.74, 6) is 0.435. The molecule has 1 atom stereocenters. The van der Waals surface area contributed by atoms with Gasteiger partial charge in [-0.3, -0.25) is 4.79 Å². The Morgan fingerprint density at radius 2 is 1.97 bits per heavy atom. The van der Waals surface area contributed by atoms with Gasteiger partial charge in [0.2, 0.25) is 5.91 Å². The van der Waals surface area contributed by atoms with E-state index in [0.29, 0.717) is 26.5 Å². The predicted octanol–water partition coefficient (Wildman–Crippen LogP) is 6.55. The second-order valence-corrected chi connectivity index (χ2v) is 8.23. The number of nitrogens with zero attached hydrogens (tertiary/aromatic N) is 2. The summed E-state index contributed by atoms with van der Waals surface area (Å²) >= 11 is 25.0. The highest BCUT2D eigenvalue weighted by Crippen LogP contribution is 2.32. The first-order valence-electron chi connectivity index (χ1n) is 8.15. The largest absolute Gasteiger partial charge is 0.479 e. The normalized spacial score (nSPS) is 11.9. The van der Waals surface area contributed by atoms with Crippen LogP contribution in [-0.2, 0) is 4.79 Å². The van der Waals surface area contributed by atoms with Gasteiger partial charge in [0.1, 0.15) is 5.75 Å². The van der Waals surface area contributed by atoms with Crippen molar-refractivity contribution in [2.24, 2.45) is 0 Å². The summed E-state index contributed by atoms with van der Waals surface area (Å²) in [6.45, 7) is 1.74. The van der Waals surface area contributed by atoms with Crippen LogP contribution in [0.2, 0.25) is 20.1 Å². The molecule has 152 valence electrons. The zero-order chi connectivity index (χ0) is 21.0. The van der Waals surface area contributed by atoms with Crippen LogP contribution in [0.25, 0.3) is 0 Å². The fourth-order valence-corrected chi connectivity index (χ4v) is 3.54. The van der Waals surface area contributed by atoms with Gasteiger partial charge in [0.25, 0.3) is 11.1 Å². The molecule has 0 aliphatic carbocycles. The van der Waals surface area contributed by atoms with Crippen molar-refractivity contribution in [3.63, 3.8) is 0 Å². The van der Waals surface area contributed by atoms with Crippen molar-refractivity contribution in [2.75, 3.05) is 11.1 Å². The maximum Gasteiger partial charge on any atom is 0.277 e. The molecule has 2 aromatic carbocycles. The highest BCUT2D eigenvalue weighted by Gasteiger charge is 2.18. The molecule has 1 heterocycles. The van der Waals surface area contributed by atoms with Crippen LogP contribution in [0.1, 0.15) is 18.9 Å². The summed E-state index contributed by atoms with van der Waals surface area (Å²) in [6.07, 6.45) is -0.547. The topological polar surface area (TPSA) is 77.2 Å². The Hall–Kier alpha value is -1.64. The molecule has 6 nitrogen and oxygen atoms in total. The summed E-state index contributed by atoms with van der Waals surface area (Å²) in [7, 11) is 0. The lowest BCUT2D eigenvalue weighted by Crippen LogP contribution is -2.14. The SMILES string of the molecule is C[C@@H](Oc1ccc(Cl)cc1Cl)c1nnc(SCC(=O)Nc2cccc(Cl)c2Cl)o1. The maximum atomic E-state index is 12.1. The molecule has 0 saturated carbocycles. The second kappa shape index (κ2) is 9.91. The molecule has 0 spiro atoms. The average molecular weight is 493 g/mol. The van der Waals surface area contributed by atoms with Crippen molar-refractivity contribution in [3.8, 4) is 5.75 Å². The van der Waals surface area contributed by atoms with Gasteiger partial charge >= 0.3 is 0 Å². The van der Waals surface area contributed by atoms with Crippen molar-refractivity contribution in [1.29, 1.82) is 0 Å². The van der Waals surface area contributed by atoms with E-state index < -0.39 is 6.10 Å².